The Kier molecular flexibility index (Phi) is 5.16. The van der Waals surface area contributed by atoms with Crippen molar-refractivity contribution in [2.24, 2.45) is 0 Å². The number of carbonyl (C=O) groups is 1. The minimum Gasteiger partial charge on any atom is -0.320 e. The first-order valence-electron chi connectivity index (χ1n) is 6.70. The highest BCUT2D eigenvalue weighted by Crippen LogP contribution is 2.26. The van der Waals surface area contributed by atoms with Crippen LogP contribution in [0.2, 0.25) is 0 Å². The monoisotopic (exact) mass is 316 g/mol. The zero-order chi connectivity index (χ0) is 16.1. The fourth-order valence-electron chi connectivity index (χ4n) is 1.93. The Labute approximate surface area is 132 Å². The van der Waals surface area contributed by atoms with Crippen molar-refractivity contribution < 1.29 is 9.72 Å². The molecule has 1 N–H and O–H groups in total. The number of rotatable bonds is 5. The Morgan fingerprint density at radius 2 is 1.95 bits per heavy atom. The summed E-state index contributed by atoms with van der Waals surface area (Å²) in [6, 6.07) is 12.2. The number of carbonyl (C=O) groups excluding carboxylic acids is 1. The van der Waals surface area contributed by atoms with E-state index in [1.807, 2.05) is 32.0 Å². The second-order valence-corrected chi connectivity index (χ2v) is 5.90. The maximum Gasteiger partial charge on any atom is 0.292 e. The van der Waals surface area contributed by atoms with E-state index in [2.05, 4.69) is 5.32 Å². The van der Waals surface area contributed by atoms with Crippen LogP contribution >= 0.6 is 11.8 Å². The first-order valence-corrected chi connectivity index (χ1v) is 7.69. The fraction of sp³-hybridized carbons (Fsp3) is 0.188. The van der Waals surface area contributed by atoms with Crippen LogP contribution in [0.5, 0.6) is 0 Å². The van der Waals surface area contributed by atoms with E-state index in [4.69, 9.17) is 0 Å². The van der Waals surface area contributed by atoms with Gasteiger partial charge in [-0.05, 0) is 31.5 Å². The van der Waals surface area contributed by atoms with E-state index in [-0.39, 0.29) is 23.0 Å². The van der Waals surface area contributed by atoms with Gasteiger partial charge in [-0.1, -0.05) is 29.8 Å². The molecule has 0 radical (unpaired) electrons. The molecule has 2 aromatic carbocycles. The molecule has 0 bridgehead atoms. The fourth-order valence-corrected chi connectivity index (χ4v) is 2.85. The summed E-state index contributed by atoms with van der Waals surface area (Å²) < 4.78 is 0. The van der Waals surface area contributed by atoms with Gasteiger partial charge in [0, 0.05) is 11.0 Å². The smallest absolute Gasteiger partial charge is 0.292 e. The number of aryl methyl sites for hydroxylation is 2. The number of hydrogen-bond donors (Lipinski definition) is 1. The van der Waals surface area contributed by atoms with Crippen LogP contribution < -0.4 is 5.32 Å². The number of nitrogens with zero attached hydrogens (tertiary/aromatic N) is 1. The number of anilines is 1. The summed E-state index contributed by atoms with van der Waals surface area (Å²) in [5.74, 6) is -0.0590. The zero-order valence-electron chi connectivity index (χ0n) is 12.3. The lowest BCUT2D eigenvalue weighted by Crippen LogP contribution is -2.15. The summed E-state index contributed by atoms with van der Waals surface area (Å²) in [4.78, 5) is 23.4. The van der Waals surface area contributed by atoms with E-state index in [1.165, 1.54) is 23.9 Å². The highest BCUT2D eigenvalue weighted by molar-refractivity contribution is 8.00. The van der Waals surface area contributed by atoms with E-state index >= 15 is 0 Å². The Balaban J connectivity index is 2.02. The van der Waals surface area contributed by atoms with Gasteiger partial charge in [0.2, 0.25) is 5.91 Å². The van der Waals surface area contributed by atoms with Crippen molar-refractivity contribution >= 4 is 29.0 Å². The van der Waals surface area contributed by atoms with Crippen molar-refractivity contribution in [3.05, 3.63) is 63.7 Å². The van der Waals surface area contributed by atoms with Gasteiger partial charge in [-0.3, -0.25) is 14.9 Å². The third-order valence-electron chi connectivity index (χ3n) is 3.08. The van der Waals surface area contributed by atoms with Crippen molar-refractivity contribution in [3.63, 3.8) is 0 Å². The number of nitrogens with one attached hydrogen (secondary N) is 1. The number of amides is 1. The Hall–Kier alpha value is -2.34. The SMILES string of the molecule is Cc1ccc(C)c(SCC(=O)Nc2ccccc2[N+](=O)[O-])c1. The molecule has 2 rings (SSSR count). The van der Waals surface area contributed by atoms with E-state index < -0.39 is 4.92 Å². The van der Waals surface area contributed by atoms with Crippen LogP contribution in [0.25, 0.3) is 0 Å². The third kappa shape index (κ3) is 4.08. The highest BCUT2D eigenvalue weighted by Gasteiger charge is 2.15. The van der Waals surface area contributed by atoms with Crippen LogP contribution in [0.3, 0.4) is 0 Å². The molecule has 0 spiro atoms. The van der Waals surface area contributed by atoms with Crippen LogP contribution in [0.1, 0.15) is 11.1 Å². The molecule has 0 saturated heterocycles. The molecular weight excluding hydrogens is 300 g/mol. The molecule has 0 aliphatic heterocycles. The highest BCUT2D eigenvalue weighted by atomic mass is 32.2. The van der Waals surface area contributed by atoms with E-state index in [0.29, 0.717) is 0 Å². The normalized spacial score (nSPS) is 10.3. The van der Waals surface area contributed by atoms with Gasteiger partial charge in [-0.25, -0.2) is 0 Å². The Bertz CT molecular complexity index is 716. The van der Waals surface area contributed by atoms with Gasteiger partial charge in [-0.15, -0.1) is 11.8 Å². The van der Waals surface area contributed by atoms with Crippen molar-refractivity contribution in [1.82, 2.24) is 0 Å². The van der Waals surface area contributed by atoms with Crippen molar-refractivity contribution in [2.75, 3.05) is 11.1 Å². The van der Waals surface area contributed by atoms with E-state index in [9.17, 15) is 14.9 Å². The summed E-state index contributed by atoms with van der Waals surface area (Å²) in [5, 5.41) is 13.5. The number of thioether (sulfide) groups is 1. The predicted molar refractivity (Wildman–Crippen MR) is 88.4 cm³/mol. The predicted octanol–water partition coefficient (Wildman–Crippen LogP) is 3.94. The standard InChI is InChI=1S/C16H16N2O3S/c1-11-7-8-12(2)15(9-11)22-10-16(19)17-13-5-3-4-6-14(13)18(20)21/h3-9H,10H2,1-2H3,(H,17,19). The lowest BCUT2D eigenvalue weighted by molar-refractivity contribution is -0.383. The van der Waals surface area contributed by atoms with Crippen LogP contribution in [0.15, 0.2) is 47.4 Å². The average Bonchev–Trinajstić information content (AvgIpc) is 2.48. The Morgan fingerprint density at radius 3 is 2.68 bits per heavy atom. The number of nitro groups is 1. The van der Waals surface area contributed by atoms with E-state index in [1.54, 1.807) is 12.1 Å². The maximum absolute atomic E-state index is 12.0. The lowest BCUT2D eigenvalue weighted by Gasteiger charge is -2.08. The zero-order valence-corrected chi connectivity index (χ0v) is 13.1. The first-order chi connectivity index (χ1) is 10.5. The summed E-state index contributed by atoms with van der Waals surface area (Å²) in [7, 11) is 0. The van der Waals surface area contributed by atoms with Crippen LogP contribution in [-0.2, 0) is 4.79 Å². The molecule has 6 heteroatoms. The van der Waals surface area contributed by atoms with Crippen molar-refractivity contribution in [3.8, 4) is 0 Å². The van der Waals surface area contributed by atoms with Gasteiger partial charge in [-0.2, -0.15) is 0 Å². The average molecular weight is 316 g/mol. The number of para-hydroxylation sites is 2. The van der Waals surface area contributed by atoms with Gasteiger partial charge in [0.15, 0.2) is 0 Å². The molecule has 0 aliphatic rings. The van der Waals surface area contributed by atoms with Crippen LogP contribution in [-0.4, -0.2) is 16.6 Å². The molecule has 22 heavy (non-hydrogen) atoms. The molecule has 5 nitrogen and oxygen atoms in total. The van der Waals surface area contributed by atoms with Gasteiger partial charge < -0.3 is 5.32 Å². The number of nitro benzene ring substituents is 1. The largest absolute Gasteiger partial charge is 0.320 e. The topological polar surface area (TPSA) is 72.2 Å². The molecule has 0 aliphatic carbocycles. The molecule has 114 valence electrons. The molecule has 2 aromatic rings. The van der Waals surface area contributed by atoms with Gasteiger partial charge in [0.1, 0.15) is 5.69 Å². The van der Waals surface area contributed by atoms with Gasteiger partial charge >= 0.3 is 0 Å². The molecule has 0 unspecified atom stereocenters. The van der Waals surface area contributed by atoms with Crippen molar-refractivity contribution in [2.45, 2.75) is 18.7 Å². The second-order valence-electron chi connectivity index (χ2n) is 4.88. The van der Waals surface area contributed by atoms with Gasteiger partial charge in [0.25, 0.3) is 5.69 Å². The van der Waals surface area contributed by atoms with Crippen LogP contribution in [0, 0.1) is 24.0 Å². The minimum atomic E-state index is -0.506. The number of hydrogen-bond acceptors (Lipinski definition) is 4. The van der Waals surface area contributed by atoms with E-state index in [0.717, 1.165) is 16.0 Å². The quantitative estimate of drug-likeness (QED) is 0.515. The molecule has 0 saturated carbocycles. The summed E-state index contributed by atoms with van der Waals surface area (Å²) >= 11 is 1.42. The second kappa shape index (κ2) is 7.09. The summed E-state index contributed by atoms with van der Waals surface area (Å²) in [5.41, 5.74) is 2.35. The first kappa shape index (κ1) is 16.0. The lowest BCUT2D eigenvalue weighted by atomic mass is 10.2. The van der Waals surface area contributed by atoms with Gasteiger partial charge in [0.05, 0.1) is 10.7 Å². The Morgan fingerprint density at radius 1 is 1.23 bits per heavy atom. The summed E-state index contributed by atoms with van der Waals surface area (Å²) in [6.45, 7) is 3.98. The van der Waals surface area contributed by atoms with Crippen LogP contribution in [0.4, 0.5) is 11.4 Å². The molecule has 0 atom stereocenters. The maximum atomic E-state index is 12.0. The molecule has 0 aromatic heterocycles. The number of benzene rings is 2. The minimum absolute atomic E-state index is 0.104. The van der Waals surface area contributed by atoms with Crippen molar-refractivity contribution in [1.29, 1.82) is 0 Å². The molecule has 0 fully saturated rings. The molecule has 1 amide bonds. The molecule has 0 heterocycles. The summed E-state index contributed by atoms with van der Waals surface area (Å²) in [6.07, 6.45) is 0. The third-order valence-corrected chi connectivity index (χ3v) is 4.23. The molecular formula is C16H16N2O3S.